The summed E-state index contributed by atoms with van der Waals surface area (Å²) in [6.07, 6.45) is 1.15. The van der Waals surface area contributed by atoms with E-state index in [1.165, 1.54) is 0 Å². The molecular weight excluding hydrogens is 422 g/mol. The molecule has 1 aliphatic rings. The zero-order valence-corrected chi connectivity index (χ0v) is 19.3. The number of benzene rings is 1. The highest BCUT2D eigenvalue weighted by atomic mass is 32.2. The molecule has 31 heavy (non-hydrogen) atoms. The molecule has 2 atom stereocenters. The van der Waals surface area contributed by atoms with Gasteiger partial charge in [0.15, 0.2) is 5.65 Å². The maximum atomic E-state index is 13.7. The predicted octanol–water partition coefficient (Wildman–Crippen LogP) is 3.93. The van der Waals surface area contributed by atoms with Gasteiger partial charge in [-0.3, -0.25) is 4.40 Å². The molecule has 0 saturated carbocycles. The number of piperidine rings is 1. The van der Waals surface area contributed by atoms with Crippen molar-refractivity contribution in [3.8, 4) is 0 Å². The molecule has 4 rings (SSSR count). The molecule has 1 fully saturated rings. The molecule has 7 nitrogen and oxygen atoms in total. The lowest BCUT2D eigenvalue weighted by Crippen LogP contribution is -2.41. The maximum absolute atomic E-state index is 13.7. The fourth-order valence-corrected chi connectivity index (χ4v) is 4.61. The Morgan fingerprint density at radius 1 is 1.23 bits per heavy atom. The fraction of sp³-hybridized carbons (Fsp3) is 0.571. The molecule has 10 heteroatoms. The van der Waals surface area contributed by atoms with Crippen LogP contribution in [0, 0.1) is 6.92 Å². The van der Waals surface area contributed by atoms with Crippen molar-refractivity contribution in [1.82, 2.24) is 24.3 Å². The Labute approximate surface area is 183 Å². The number of fused-ring (bicyclic) bond motifs is 3. The molecule has 0 radical (unpaired) electrons. The van der Waals surface area contributed by atoms with Gasteiger partial charge in [-0.1, -0.05) is 6.07 Å². The van der Waals surface area contributed by atoms with Crippen LogP contribution >= 0.6 is 0 Å². The molecule has 1 saturated heterocycles. The fourth-order valence-electron chi connectivity index (χ4n) is 3.81. The lowest BCUT2D eigenvalue weighted by molar-refractivity contribution is -0.0222. The third-order valence-corrected chi connectivity index (χ3v) is 7.26. The number of hydrogen-bond donors (Lipinski definition) is 1. The second-order valence-corrected chi connectivity index (χ2v) is 11.2. The van der Waals surface area contributed by atoms with Crippen molar-refractivity contribution < 1.29 is 13.3 Å². The molecule has 1 aliphatic heterocycles. The monoisotopic (exact) mass is 450 g/mol. The standard InChI is InChI=1S/C21H28F2N6OS/c1-13-10-15(14(2)27-31(30)20(3,4)5)17-16(11-13)18-26-24-12-29(18)19(25-17)28-8-6-21(22,23)7-9-28/h10-12,14,27H,6-9H2,1-5H3. The lowest BCUT2D eigenvalue weighted by Gasteiger charge is -2.33. The first-order valence-corrected chi connectivity index (χ1v) is 11.6. The summed E-state index contributed by atoms with van der Waals surface area (Å²) in [6.45, 7) is 10.1. The Bertz CT molecular complexity index is 1100. The maximum Gasteiger partial charge on any atom is 0.251 e. The largest absolute Gasteiger partial charge is 0.598 e. The van der Waals surface area contributed by atoms with Crippen LogP contribution in [0.3, 0.4) is 0 Å². The number of hydrogen-bond acceptors (Lipinski definition) is 6. The molecule has 3 heterocycles. The molecular formula is C21H28F2N6OS. The normalized spacial score (nSPS) is 19.2. The molecule has 0 aliphatic carbocycles. The molecule has 0 spiro atoms. The van der Waals surface area contributed by atoms with E-state index in [0.717, 1.165) is 16.5 Å². The van der Waals surface area contributed by atoms with Gasteiger partial charge in [-0.25, -0.2) is 13.8 Å². The third-order valence-electron chi connectivity index (χ3n) is 5.58. The van der Waals surface area contributed by atoms with Gasteiger partial charge in [-0.15, -0.1) is 14.9 Å². The summed E-state index contributed by atoms with van der Waals surface area (Å²) in [7, 11) is 0. The van der Waals surface area contributed by atoms with E-state index < -0.39 is 22.0 Å². The van der Waals surface area contributed by atoms with Gasteiger partial charge in [0.1, 0.15) is 11.1 Å². The van der Waals surface area contributed by atoms with Crippen molar-refractivity contribution in [2.45, 2.75) is 64.2 Å². The Morgan fingerprint density at radius 2 is 1.90 bits per heavy atom. The first-order valence-electron chi connectivity index (χ1n) is 10.4. The molecule has 168 valence electrons. The van der Waals surface area contributed by atoms with Gasteiger partial charge >= 0.3 is 0 Å². The smallest absolute Gasteiger partial charge is 0.251 e. The van der Waals surface area contributed by atoms with Crippen LogP contribution in [0.1, 0.15) is 57.7 Å². The number of aryl methyl sites for hydroxylation is 1. The molecule has 3 aromatic rings. The lowest BCUT2D eigenvalue weighted by atomic mass is 10.0. The second kappa shape index (κ2) is 7.83. The summed E-state index contributed by atoms with van der Waals surface area (Å²) in [4.78, 5) is 6.77. The molecule has 0 amide bonds. The van der Waals surface area contributed by atoms with Gasteiger partial charge in [-0.2, -0.15) is 0 Å². The molecule has 2 aromatic heterocycles. The quantitative estimate of drug-likeness (QED) is 0.607. The van der Waals surface area contributed by atoms with Gasteiger partial charge in [0, 0.05) is 48.2 Å². The highest BCUT2D eigenvalue weighted by molar-refractivity contribution is 7.90. The Morgan fingerprint density at radius 3 is 2.55 bits per heavy atom. The van der Waals surface area contributed by atoms with Crippen molar-refractivity contribution in [2.24, 2.45) is 0 Å². The van der Waals surface area contributed by atoms with Crippen molar-refractivity contribution in [1.29, 1.82) is 0 Å². The predicted molar refractivity (Wildman–Crippen MR) is 119 cm³/mol. The van der Waals surface area contributed by atoms with Crippen LogP contribution in [0.5, 0.6) is 0 Å². The number of nitrogens with one attached hydrogen (secondary N) is 1. The van der Waals surface area contributed by atoms with E-state index in [-0.39, 0.29) is 32.0 Å². The average Bonchev–Trinajstić information content (AvgIpc) is 3.16. The molecule has 1 N–H and O–H groups in total. The highest BCUT2D eigenvalue weighted by Crippen LogP contribution is 2.34. The Balaban J connectivity index is 1.83. The number of rotatable bonds is 4. The Kier molecular flexibility index (Phi) is 5.60. The van der Waals surface area contributed by atoms with Crippen LogP contribution in [-0.4, -0.2) is 47.9 Å². The van der Waals surface area contributed by atoms with Crippen molar-refractivity contribution in [2.75, 3.05) is 18.0 Å². The van der Waals surface area contributed by atoms with Crippen molar-refractivity contribution in [3.05, 3.63) is 29.6 Å². The van der Waals surface area contributed by atoms with Crippen LogP contribution in [0.4, 0.5) is 14.7 Å². The first-order chi connectivity index (χ1) is 14.5. The summed E-state index contributed by atoms with van der Waals surface area (Å²) in [5.74, 6) is -2.09. The molecule has 0 bridgehead atoms. The number of aromatic nitrogens is 4. The van der Waals surface area contributed by atoms with E-state index in [1.54, 1.807) is 10.7 Å². The van der Waals surface area contributed by atoms with Gasteiger partial charge in [0.2, 0.25) is 5.95 Å². The van der Waals surface area contributed by atoms with Crippen LogP contribution in [0.2, 0.25) is 0 Å². The summed E-state index contributed by atoms with van der Waals surface area (Å²) in [6, 6.07) is 3.78. The van der Waals surface area contributed by atoms with Gasteiger partial charge in [0.25, 0.3) is 5.92 Å². The minimum atomic E-state index is -2.64. The number of nitrogens with zero attached hydrogens (tertiary/aromatic N) is 5. The third kappa shape index (κ3) is 4.33. The van der Waals surface area contributed by atoms with E-state index in [1.807, 2.05) is 51.7 Å². The SMILES string of the molecule is Cc1cc(C(C)N[S+]([O-])C(C)(C)C)c2nc(N3CCC(F)(F)CC3)n3cnnc3c2c1. The summed E-state index contributed by atoms with van der Waals surface area (Å²) < 4.78 is 44.7. The second-order valence-electron chi connectivity index (χ2n) is 9.25. The van der Waals surface area contributed by atoms with Crippen LogP contribution in [0.25, 0.3) is 16.6 Å². The van der Waals surface area contributed by atoms with E-state index in [9.17, 15) is 13.3 Å². The van der Waals surface area contributed by atoms with Crippen LogP contribution < -0.4 is 9.62 Å². The summed E-state index contributed by atoms with van der Waals surface area (Å²) in [5.41, 5.74) is 3.26. The zero-order valence-electron chi connectivity index (χ0n) is 18.4. The van der Waals surface area contributed by atoms with Gasteiger partial charge in [-0.05, 0) is 46.2 Å². The first kappa shape index (κ1) is 22.2. The number of anilines is 1. The minimum absolute atomic E-state index is 0.209. The average molecular weight is 451 g/mol. The van der Waals surface area contributed by atoms with Crippen LogP contribution in [-0.2, 0) is 11.4 Å². The number of alkyl halides is 2. The summed E-state index contributed by atoms with van der Waals surface area (Å²) >= 11 is -1.26. The highest BCUT2D eigenvalue weighted by Gasteiger charge is 2.35. The summed E-state index contributed by atoms with van der Waals surface area (Å²) in [5, 5.41) is 9.17. The van der Waals surface area contributed by atoms with Crippen molar-refractivity contribution in [3.63, 3.8) is 0 Å². The van der Waals surface area contributed by atoms with E-state index in [4.69, 9.17) is 4.98 Å². The molecule has 1 aromatic carbocycles. The van der Waals surface area contributed by atoms with E-state index in [2.05, 4.69) is 14.9 Å². The minimum Gasteiger partial charge on any atom is -0.598 e. The van der Waals surface area contributed by atoms with E-state index in [0.29, 0.717) is 17.1 Å². The van der Waals surface area contributed by atoms with Crippen LogP contribution in [0.15, 0.2) is 18.5 Å². The topological polar surface area (TPSA) is 81.4 Å². The van der Waals surface area contributed by atoms with E-state index >= 15 is 0 Å². The number of halogens is 2. The van der Waals surface area contributed by atoms with Gasteiger partial charge in [0.05, 0.1) is 11.6 Å². The van der Waals surface area contributed by atoms with Crippen molar-refractivity contribution >= 4 is 33.9 Å². The molecule has 2 unspecified atom stereocenters. The van der Waals surface area contributed by atoms with Gasteiger partial charge < -0.3 is 9.45 Å². The zero-order chi connectivity index (χ0) is 22.6. The Hall–Kier alpha value is -2.04.